The van der Waals surface area contributed by atoms with Gasteiger partial charge in [0.15, 0.2) is 0 Å². The predicted octanol–water partition coefficient (Wildman–Crippen LogP) is 4.03. The molecule has 1 fully saturated rings. The molecule has 1 aromatic rings. The van der Waals surface area contributed by atoms with Gasteiger partial charge in [0.1, 0.15) is 5.75 Å². The lowest BCUT2D eigenvalue weighted by atomic mass is 9.75. The number of hydroxylamine groups is 1. The van der Waals surface area contributed by atoms with E-state index in [2.05, 4.69) is 4.74 Å². The third kappa shape index (κ3) is 7.43. The zero-order valence-corrected chi connectivity index (χ0v) is 15.5. The fourth-order valence-electron chi connectivity index (χ4n) is 3.58. The molecule has 163 valence electrons. The molecule has 0 heterocycles. The first-order valence-electron chi connectivity index (χ1n) is 9.17. The molecule has 0 bridgehead atoms. The molecule has 1 radical (unpaired) electrons. The van der Waals surface area contributed by atoms with Crippen molar-refractivity contribution in [2.75, 3.05) is 0 Å². The zero-order chi connectivity index (χ0) is 21.7. The highest BCUT2D eigenvalue weighted by atomic mass is 19.4. The molecule has 29 heavy (non-hydrogen) atoms. The van der Waals surface area contributed by atoms with Crippen LogP contribution in [0.5, 0.6) is 5.75 Å². The smallest absolute Gasteiger partial charge is 0.406 e. The summed E-state index contributed by atoms with van der Waals surface area (Å²) in [6.07, 6.45) is -5.58. The molecule has 0 aromatic heterocycles. The van der Waals surface area contributed by atoms with Crippen molar-refractivity contribution in [3.63, 3.8) is 0 Å². The van der Waals surface area contributed by atoms with Gasteiger partial charge >= 0.3 is 6.36 Å². The Morgan fingerprint density at radius 3 is 2.48 bits per heavy atom. The summed E-state index contributed by atoms with van der Waals surface area (Å²) in [6, 6.07) is 5.45. The van der Waals surface area contributed by atoms with E-state index < -0.39 is 41.9 Å². The number of carbonyl (C=O) groups excluding carboxylic acids is 1. The van der Waals surface area contributed by atoms with Crippen LogP contribution in [-0.2, 0) is 11.2 Å². The Kier molecular flexibility index (Phi) is 7.81. The zero-order valence-electron chi connectivity index (χ0n) is 15.5. The van der Waals surface area contributed by atoms with Gasteiger partial charge in [-0.1, -0.05) is 18.2 Å². The number of hydrogen-bond acceptors (Lipinski definition) is 4. The summed E-state index contributed by atoms with van der Waals surface area (Å²) in [5.74, 6) is -5.31. The van der Waals surface area contributed by atoms with Crippen molar-refractivity contribution in [1.29, 1.82) is 0 Å². The number of halogens is 5. The molecule has 1 aliphatic rings. The van der Waals surface area contributed by atoms with E-state index in [1.54, 1.807) is 0 Å². The number of amides is 1. The molecule has 0 aliphatic heterocycles. The van der Waals surface area contributed by atoms with Gasteiger partial charge in [-0.15, -0.1) is 13.2 Å². The molecule has 2 unspecified atom stereocenters. The molecule has 1 aliphatic carbocycles. The Hall–Kier alpha value is -1.94. The Labute approximate surface area is 164 Å². The molecular weight excluding hydrogens is 401 g/mol. The Bertz CT molecular complexity index is 673. The van der Waals surface area contributed by atoms with Gasteiger partial charge in [0.25, 0.3) is 0 Å². The summed E-state index contributed by atoms with van der Waals surface area (Å²) in [7, 11) is 0. The van der Waals surface area contributed by atoms with E-state index in [0.717, 1.165) is 6.07 Å². The molecule has 0 spiro atoms. The molecular formula is C19H23F5NO4. The number of aliphatic hydroxyl groups is 1. The van der Waals surface area contributed by atoms with Crippen molar-refractivity contribution >= 4 is 5.91 Å². The first-order chi connectivity index (χ1) is 13.5. The van der Waals surface area contributed by atoms with E-state index in [4.69, 9.17) is 5.21 Å². The van der Waals surface area contributed by atoms with Gasteiger partial charge in [0, 0.05) is 18.8 Å². The van der Waals surface area contributed by atoms with Gasteiger partial charge in [0.05, 0.1) is 6.10 Å². The molecule has 5 nitrogen and oxygen atoms in total. The van der Waals surface area contributed by atoms with E-state index in [9.17, 15) is 31.9 Å². The first kappa shape index (κ1) is 23.3. The number of aliphatic hydroxyl groups excluding tert-OH is 1. The molecule has 2 atom stereocenters. The number of benzene rings is 1. The Morgan fingerprint density at radius 1 is 1.28 bits per heavy atom. The minimum Gasteiger partial charge on any atom is -0.406 e. The maximum absolute atomic E-state index is 13.4. The summed E-state index contributed by atoms with van der Waals surface area (Å²) in [5, 5.41) is 19.2. The number of ether oxygens (including phenoxy) is 1. The molecule has 2 rings (SSSR count). The lowest BCUT2D eigenvalue weighted by Gasteiger charge is -2.33. The molecule has 10 heteroatoms. The number of alkyl halides is 5. The van der Waals surface area contributed by atoms with Gasteiger partial charge in [-0.05, 0) is 49.7 Å². The van der Waals surface area contributed by atoms with Gasteiger partial charge in [0.2, 0.25) is 11.8 Å². The van der Waals surface area contributed by atoms with Crippen molar-refractivity contribution in [2.45, 2.75) is 56.9 Å². The monoisotopic (exact) mass is 424 g/mol. The highest BCUT2D eigenvalue weighted by molar-refractivity contribution is 5.77. The lowest BCUT2D eigenvalue weighted by molar-refractivity contribution is -0.274. The van der Waals surface area contributed by atoms with Gasteiger partial charge in [-0.3, -0.25) is 10.0 Å². The minimum atomic E-state index is -4.86. The van der Waals surface area contributed by atoms with Gasteiger partial charge in [-0.2, -0.15) is 0 Å². The summed E-state index contributed by atoms with van der Waals surface area (Å²) in [4.78, 5) is 12.0. The van der Waals surface area contributed by atoms with E-state index >= 15 is 0 Å². The second kappa shape index (κ2) is 9.71. The summed E-state index contributed by atoms with van der Waals surface area (Å²) in [5.41, 5.74) is 1.69. The lowest BCUT2D eigenvalue weighted by Crippen LogP contribution is -2.38. The SMILES string of the molecule is O=C(NO)C(CC(O)[CH]Cc1ccccc1OC(F)(F)F)C1CCC(F)(F)CC1. The van der Waals surface area contributed by atoms with Crippen LogP contribution in [0.2, 0.25) is 0 Å². The maximum atomic E-state index is 13.4. The van der Waals surface area contributed by atoms with Crippen LogP contribution in [0.15, 0.2) is 24.3 Å². The van der Waals surface area contributed by atoms with Crippen molar-refractivity contribution < 1.29 is 41.8 Å². The Morgan fingerprint density at radius 2 is 1.90 bits per heavy atom. The normalized spacial score (nSPS) is 19.4. The topological polar surface area (TPSA) is 78.8 Å². The van der Waals surface area contributed by atoms with E-state index in [-0.39, 0.29) is 44.1 Å². The molecule has 1 saturated carbocycles. The third-order valence-electron chi connectivity index (χ3n) is 5.08. The highest BCUT2D eigenvalue weighted by Crippen LogP contribution is 2.40. The van der Waals surface area contributed by atoms with Crippen molar-refractivity contribution in [2.24, 2.45) is 11.8 Å². The third-order valence-corrected chi connectivity index (χ3v) is 5.08. The summed E-state index contributed by atoms with van der Waals surface area (Å²) in [6.45, 7) is 0. The average molecular weight is 424 g/mol. The van der Waals surface area contributed by atoms with Gasteiger partial charge < -0.3 is 9.84 Å². The van der Waals surface area contributed by atoms with Crippen molar-refractivity contribution in [1.82, 2.24) is 5.48 Å². The molecule has 1 aromatic carbocycles. The van der Waals surface area contributed by atoms with Gasteiger partial charge in [-0.25, -0.2) is 14.3 Å². The number of hydrogen-bond donors (Lipinski definition) is 3. The summed E-state index contributed by atoms with van der Waals surface area (Å²) < 4.78 is 68.1. The fourth-order valence-corrected chi connectivity index (χ4v) is 3.58. The second-order valence-corrected chi connectivity index (χ2v) is 7.17. The predicted molar refractivity (Wildman–Crippen MR) is 92.1 cm³/mol. The van der Waals surface area contributed by atoms with Crippen LogP contribution in [0.3, 0.4) is 0 Å². The number of para-hydroxylation sites is 1. The largest absolute Gasteiger partial charge is 0.573 e. The number of rotatable bonds is 8. The van der Waals surface area contributed by atoms with Crippen LogP contribution >= 0.6 is 0 Å². The van der Waals surface area contributed by atoms with Crippen molar-refractivity contribution in [3.8, 4) is 5.75 Å². The van der Waals surface area contributed by atoms with E-state index in [0.29, 0.717) is 0 Å². The quantitative estimate of drug-likeness (QED) is 0.335. The fraction of sp³-hybridized carbons (Fsp3) is 0.579. The number of nitrogens with one attached hydrogen (secondary N) is 1. The van der Waals surface area contributed by atoms with Crippen LogP contribution in [0, 0.1) is 18.3 Å². The average Bonchev–Trinajstić information content (AvgIpc) is 2.64. The minimum absolute atomic E-state index is 0.0659. The van der Waals surface area contributed by atoms with Crippen LogP contribution < -0.4 is 10.2 Å². The first-order valence-corrected chi connectivity index (χ1v) is 9.17. The van der Waals surface area contributed by atoms with Crippen LogP contribution in [0.1, 0.15) is 37.7 Å². The number of carbonyl (C=O) groups is 1. The molecule has 0 saturated heterocycles. The van der Waals surface area contributed by atoms with Crippen LogP contribution in [-0.4, -0.2) is 34.6 Å². The van der Waals surface area contributed by atoms with Crippen LogP contribution in [0.4, 0.5) is 22.0 Å². The maximum Gasteiger partial charge on any atom is 0.573 e. The van der Waals surface area contributed by atoms with Crippen molar-refractivity contribution in [3.05, 3.63) is 36.2 Å². The molecule has 1 amide bonds. The standard InChI is InChI=1S/C19H23F5NO4/c20-18(21)9-7-12(8-10-18)15(17(27)25-28)11-14(26)6-5-13-3-1-2-4-16(13)29-19(22,23)24/h1-4,6,12,14-15,26,28H,5,7-11H2,(H,25,27). The second-order valence-electron chi connectivity index (χ2n) is 7.17. The molecule has 3 N–H and O–H groups in total. The van der Waals surface area contributed by atoms with Crippen LogP contribution in [0.25, 0.3) is 0 Å². The Balaban J connectivity index is 1.97. The summed E-state index contributed by atoms with van der Waals surface area (Å²) >= 11 is 0. The van der Waals surface area contributed by atoms with E-state index in [1.807, 2.05) is 0 Å². The van der Waals surface area contributed by atoms with E-state index in [1.165, 1.54) is 30.1 Å². The highest BCUT2D eigenvalue weighted by Gasteiger charge is 2.40.